The van der Waals surface area contributed by atoms with Crippen molar-refractivity contribution in [3.05, 3.63) is 90.5 Å². The Morgan fingerprint density at radius 1 is 0.680 bits per heavy atom. The minimum Gasteiger partial charge on any atom is -0.344 e. The number of rotatable bonds is 4. The van der Waals surface area contributed by atoms with E-state index >= 15 is 0 Å². The SMILES string of the molecule is CC1(c2ccccc2P(c2ccccc2)c2ccccc2)OCCO1. The molecule has 0 bridgehead atoms. The van der Waals surface area contributed by atoms with Crippen LogP contribution in [0.1, 0.15) is 12.5 Å². The van der Waals surface area contributed by atoms with Crippen LogP contribution in [0.25, 0.3) is 0 Å². The van der Waals surface area contributed by atoms with Crippen LogP contribution in [-0.4, -0.2) is 13.2 Å². The highest BCUT2D eigenvalue weighted by atomic mass is 31.1. The maximum atomic E-state index is 5.98. The molecule has 0 N–H and O–H groups in total. The first-order valence-electron chi connectivity index (χ1n) is 8.56. The summed E-state index contributed by atoms with van der Waals surface area (Å²) in [6, 6.07) is 30.0. The fourth-order valence-electron chi connectivity index (χ4n) is 3.30. The normalized spacial score (nSPS) is 16.2. The number of hydrogen-bond acceptors (Lipinski definition) is 2. The second-order valence-electron chi connectivity index (χ2n) is 6.17. The van der Waals surface area contributed by atoms with E-state index in [2.05, 4.69) is 84.9 Å². The fraction of sp³-hybridized carbons (Fsp3) is 0.182. The van der Waals surface area contributed by atoms with Crippen LogP contribution in [0.3, 0.4) is 0 Å². The summed E-state index contributed by atoms with van der Waals surface area (Å²) < 4.78 is 12.0. The van der Waals surface area contributed by atoms with Crippen molar-refractivity contribution in [3.63, 3.8) is 0 Å². The Bertz CT molecular complexity index is 787. The molecule has 1 fully saturated rings. The first-order chi connectivity index (χ1) is 12.3. The Hall–Kier alpha value is -1.99. The summed E-state index contributed by atoms with van der Waals surface area (Å²) in [5.41, 5.74) is 1.13. The van der Waals surface area contributed by atoms with Crippen molar-refractivity contribution in [1.29, 1.82) is 0 Å². The lowest BCUT2D eigenvalue weighted by molar-refractivity contribution is -0.148. The van der Waals surface area contributed by atoms with Crippen LogP contribution in [0.4, 0.5) is 0 Å². The second kappa shape index (κ2) is 7.09. The quantitative estimate of drug-likeness (QED) is 0.670. The molecular formula is C22H21O2P. The first kappa shape index (κ1) is 16.5. The summed E-state index contributed by atoms with van der Waals surface area (Å²) in [6.45, 7) is 3.31. The maximum Gasteiger partial charge on any atom is 0.192 e. The van der Waals surface area contributed by atoms with Crippen LogP contribution < -0.4 is 15.9 Å². The second-order valence-corrected chi connectivity index (χ2v) is 8.35. The van der Waals surface area contributed by atoms with Crippen molar-refractivity contribution >= 4 is 23.8 Å². The smallest absolute Gasteiger partial charge is 0.192 e. The fourth-order valence-corrected chi connectivity index (χ4v) is 5.85. The molecule has 0 aromatic heterocycles. The van der Waals surface area contributed by atoms with Gasteiger partial charge in [0.25, 0.3) is 0 Å². The van der Waals surface area contributed by atoms with Crippen molar-refractivity contribution in [2.45, 2.75) is 12.7 Å². The summed E-state index contributed by atoms with van der Waals surface area (Å²) in [5, 5.41) is 3.95. The van der Waals surface area contributed by atoms with Crippen LogP contribution in [-0.2, 0) is 15.3 Å². The Balaban J connectivity index is 1.90. The van der Waals surface area contributed by atoms with Crippen LogP contribution in [0, 0.1) is 0 Å². The molecule has 0 spiro atoms. The van der Waals surface area contributed by atoms with E-state index in [0.29, 0.717) is 13.2 Å². The third-order valence-corrected chi connectivity index (χ3v) is 7.00. The van der Waals surface area contributed by atoms with Gasteiger partial charge in [-0.2, -0.15) is 0 Å². The van der Waals surface area contributed by atoms with Gasteiger partial charge >= 0.3 is 0 Å². The zero-order chi connectivity index (χ0) is 17.1. The molecule has 0 aliphatic carbocycles. The van der Waals surface area contributed by atoms with Crippen LogP contribution in [0.5, 0.6) is 0 Å². The summed E-state index contributed by atoms with van der Waals surface area (Å²) in [4.78, 5) is 0. The molecule has 0 amide bonds. The zero-order valence-electron chi connectivity index (χ0n) is 14.3. The molecule has 1 heterocycles. The maximum absolute atomic E-state index is 5.98. The molecule has 3 heteroatoms. The van der Waals surface area contributed by atoms with E-state index in [0.717, 1.165) is 5.56 Å². The highest BCUT2D eigenvalue weighted by Crippen LogP contribution is 2.39. The number of hydrogen-bond donors (Lipinski definition) is 0. The molecule has 3 aromatic rings. The lowest BCUT2D eigenvalue weighted by Gasteiger charge is -2.29. The Labute approximate surface area is 150 Å². The average molecular weight is 348 g/mol. The number of benzene rings is 3. The molecular weight excluding hydrogens is 327 g/mol. The van der Waals surface area contributed by atoms with Crippen molar-refractivity contribution < 1.29 is 9.47 Å². The van der Waals surface area contributed by atoms with E-state index in [1.54, 1.807) is 0 Å². The molecule has 25 heavy (non-hydrogen) atoms. The highest BCUT2D eigenvalue weighted by Gasteiger charge is 2.36. The molecule has 0 unspecified atom stereocenters. The molecule has 0 saturated carbocycles. The van der Waals surface area contributed by atoms with Crippen molar-refractivity contribution in [3.8, 4) is 0 Å². The third-order valence-electron chi connectivity index (χ3n) is 4.50. The van der Waals surface area contributed by atoms with Gasteiger partial charge in [-0.1, -0.05) is 84.9 Å². The van der Waals surface area contributed by atoms with E-state index < -0.39 is 13.7 Å². The van der Waals surface area contributed by atoms with Gasteiger partial charge in [-0.15, -0.1) is 0 Å². The van der Waals surface area contributed by atoms with Crippen molar-refractivity contribution in [2.24, 2.45) is 0 Å². The first-order valence-corrected chi connectivity index (χ1v) is 9.90. The van der Waals surface area contributed by atoms with Gasteiger partial charge in [0.15, 0.2) is 5.79 Å². The van der Waals surface area contributed by atoms with E-state index in [1.807, 2.05) is 6.92 Å². The molecule has 4 rings (SSSR count). The minimum atomic E-state index is -0.675. The van der Waals surface area contributed by atoms with E-state index in [-0.39, 0.29) is 0 Å². The lowest BCUT2D eigenvalue weighted by Crippen LogP contribution is -2.32. The summed E-state index contributed by atoms with van der Waals surface area (Å²) >= 11 is 0. The van der Waals surface area contributed by atoms with E-state index in [1.165, 1.54) is 15.9 Å². The highest BCUT2D eigenvalue weighted by molar-refractivity contribution is 7.79. The van der Waals surface area contributed by atoms with E-state index in [9.17, 15) is 0 Å². The van der Waals surface area contributed by atoms with Gasteiger partial charge in [0, 0.05) is 5.56 Å². The molecule has 1 aliphatic heterocycles. The predicted octanol–water partition coefficient (Wildman–Crippen LogP) is 3.66. The topological polar surface area (TPSA) is 18.5 Å². The molecule has 1 saturated heterocycles. The standard InChI is InChI=1S/C22H21O2P/c1-22(23-16-17-24-22)20-14-8-9-15-21(20)25(18-10-4-2-5-11-18)19-12-6-3-7-13-19/h2-15H,16-17H2,1H3. The summed E-state index contributed by atoms with van der Waals surface area (Å²) in [6.07, 6.45) is 0. The average Bonchev–Trinajstić information content (AvgIpc) is 3.12. The monoisotopic (exact) mass is 348 g/mol. The van der Waals surface area contributed by atoms with Gasteiger partial charge in [-0.05, 0) is 30.8 Å². The molecule has 3 aromatic carbocycles. The van der Waals surface area contributed by atoms with Gasteiger partial charge in [0.2, 0.25) is 0 Å². The van der Waals surface area contributed by atoms with Crippen molar-refractivity contribution in [1.82, 2.24) is 0 Å². The Morgan fingerprint density at radius 2 is 1.16 bits per heavy atom. The van der Waals surface area contributed by atoms with E-state index in [4.69, 9.17) is 9.47 Å². The van der Waals surface area contributed by atoms with Gasteiger partial charge in [0.05, 0.1) is 13.2 Å². The van der Waals surface area contributed by atoms with Crippen LogP contribution in [0.15, 0.2) is 84.9 Å². The van der Waals surface area contributed by atoms with Crippen LogP contribution in [0.2, 0.25) is 0 Å². The van der Waals surface area contributed by atoms with Crippen molar-refractivity contribution in [2.75, 3.05) is 13.2 Å². The Kier molecular flexibility index (Phi) is 4.67. The van der Waals surface area contributed by atoms with Gasteiger partial charge in [0.1, 0.15) is 0 Å². The summed E-state index contributed by atoms with van der Waals surface area (Å²) in [5.74, 6) is -0.666. The van der Waals surface area contributed by atoms with Gasteiger partial charge in [-0.25, -0.2) is 0 Å². The van der Waals surface area contributed by atoms with Crippen LogP contribution >= 0.6 is 7.92 Å². The largest absolute Gasteiger partial charge is 0.344 e. The van der Waals surface area contributed by atoms with Gasteiger partial charge in [-0.3, -0.25) is 0 Å². The predicted molar refractivity (Wildman–Crippen MR) is 104 cm³/mol. The minimum absolute atomic E-state index is 0.638. The zero-order valence-corrected chi connectivity index (χ0v) is 15.2. The Morgan fingerprint density at radius 3 is 1.72 bits per heavy atom. The molecule has 2 nitrogen and oxygen atoms in total. The molecule has 126 valence electrons. The number of ether oxygens (including phenoxy) is 2. The lowest BCUT2D eigenvalue weighted by atomic mass is 10.1. The molecule has 0 radical (unpaired) electrons. The molecule has 0 atom stereocenters. The summed E-state index contributed by atoms with van der Waals surface area (Å²) in [7, 11) is -0.675. The van der Waals surface area contributed by atoms with Gasteiger partial charge < -0.3 is 9.47 Å². The molecule has 1 aliphatic rings. The third kappa shape index (κ3) is 3.26.